The van der Waals surface area contributed by atoms with Crippen molar-refractivity contribution in [2.24, 2.45) is 5.84 Å². The number of nitro groups is 1. The first-order valence-electron chi connectivity index (χ1n) is 5.84. The number of hydrogen-bond donors (Lipinski definition) is 2. The predicted octanol–water partition coefficient (Wildman–Crippen LogP) is 2.84. The number of anilines is 1. The van der Waals surface area contributed by atoms with Crippen LogP contribution in [0.15, 0.2) is 22.9 Å². The molecule has 0 unspecified atom stereocenters. The Hall–Kier alpha value is -2.26. The van der Waals surface area contributed by atoms with Crippen molar-refractivity contribution < 1.29 is 9.66 Å². The molecule has 2 aromatic rings. The Morgan fingerprint density at radius 3 is 2.67 bits per heavy atom. The van der Waals surface area contributed by atoms with Crippen LogP contribution in [-0.4, -0.2) is 14.9 Å². The monoisotopic (exact) mass is 353 g/mol. The molecule has 1 heterocycles. The van der Waals surface area contributed by atoms with Gasteiger partial charge in [0.1, 0.15) is 16.5 Å². The zero-order valence-corrected chi connectivity index (χ0v) is 12.8. The Morgan fingerprint density at radius 1 is 1.33 bits per heavy atom. The lowest BCUT2D eigenvalue weighted by molar-refractivity contribution is -0.385. The van der Waals surface area contributed by atoms with Gasteiger partial charge in [-0.3, -0.25) is 10.1 Å². The van der Waals surface area contributed by atoms with Gasteiger partial charge in [0.15, 0.2) is 5.82 Å². The lowest BCUT2D eigenvalue weighted by Crippen LogP contribution is -2.10. The molecule has 1 aromatic heterocycles. The van der Waals surface area contributed by atoms with Crippen LogP contribution < -0.4 is 16.0 Å². The lowest BCUT2D eigenvalue weighted by atomic mass is 10.1. The van der Waals surface area contributed by atoms with E-state index in [-0.39, 0.29) is 11.6 Å². The van der Waals surface area contributed by atoms with E-state index in [1.54, 1.807) is 19.9 Å². The van der Waals surface area contributed by atoms with Crippen molar-refractivity contribution in [3.63, 3.8) is 0 Å². The number of nitrogens with two attached hydrogens (primary N) is 1. The van der Waals surface area contributed by atoms with Crippen molar-refractivity contribution >= 4 is 27.4 Å². The van der Waals surface area contributed by atoms with Crippen molar-refractivity contribution in [3.05, 3.63) is 44.2 Å². The minimum atomic E-state index is -0.427. The molecule has 21 heavy (non-hydrogen) atoms. The number of halogens is 1. The Morgan fingerprint density at radius 2 is 2.05 bits per heavy atom. The van der Waals surface area contributed by atoms with Crippen molar-refractivity contribution in [1.29, 1.82) is 0 Å². The summed E-state index contributed by atoms with van der Waals surface area (Å²) >= 11 is 3.28. The zero-order chi connectivity index (χ0) is 15.6. The van der Waals surface area contributed by atoms with Gasteiger partial charge in [-0.15, -0.1) is 0 Å². The van der Waals surface area contributed by atoms with E-state index in [0.717, 1.165) is 0 Å². The minimum Gasteiger partial charge on any atom is -0.437 e. The smallest absolute Gasteiger partial charge is 0.272 e. The third-order valence-electron chi connectivity index (χ3n) is 2.79. The maximum absolute atomic E-state index is 10.9. The van der Waals surface area contributed by atoms with Crippen LogP contribution in [0.1, 0.15) is 11.1 Å². The number of aryl methyl sites for hydroxylation is 2. The highest BCUT2D eigenvalue weighted by Crippen LogP contribution is 2.35. The highest BCUT2D eigenvalue weighted by Gasteiger charge is 2.16. The molecule has 8 nitrogen and oxygen atoms in total. The lowest BCUT2D eigenvalue weighted by Gasteiger charge is -2.11. The van der Waals surface area contributed by atoms with Crippen molar-refractivity contribution in [2.45, 2.75) is 13.8 Å². The van der Waals surface area contributed by atoms with Gasteiger partial charge >= 0.3 is 0 Å². The van der Waals surface area contributed by atoms with E-state index in [1.165, 1.54) is 12.4 Å². The maximum atomic E-state index is 10.9. The molecule has 0 aliphatic rings. The van der Waals surface area contributed by atoms with Gasteiger partial charge in [0.05, 0.1) is 4.92 Å². The van der Waals surface area contributed by atoms with Crippen LogP contribution in [0, 0.1) is 24.0 Å². The molecule has 3 N–H and O–H groups in total. The fourth-order valence-electron chi connectivity index (χ4n) is 1.71. The standard InChI is InChI=1S/C12H12BrN5O3/c1-6-4-9(7(2)3-8(6)18(19)20)21-12-10(13)11(17-14)15-5-16-12/h3-5H,14H2,1-2H3,(H,15,16,17). The number of nitrogens with zero attached hydrogens (tertiary/aromatic N) is 3. The maximum Gasteiger partial charge on any atom is 0.272 e. The van der Waals surface area contributed by atoms with Gasteiger partial charge in [-0.25, -0.2) is 15.8 Å². The predicted molar refractivity (Wildman–Crippen MR) is 80.2 cm³/mol. The first kappa shape index (κ1) is 15.1. The summed E-state index contributed by atoms with van der Waals surface area (Å²) < 4.78 is 6.14. The van der Waals surface area contributed by atoms with Crippen LogP contribution in [0.3, 0.4) is 0 Å². The average Bonchev–Trinajstić information content (AvgIpc) is 2.44. The van der Waals surface area contributed by atoms with E-state index in [1.807, 2.05) is 0 Å². The highest BCUT2D eigenvalue weighted by molar-refractivity contribution is 9.10. The van der Waals surface area contributed by atoms with E-state index < -0.39 is 4.92 Å². The third-order valence-corrected chi connectivity index (χ3v) is 3.51. The molecule has 9 heteroatoms. The topological polar surface area (TPSA) is 116 Å². The molecule has 110 valence electrons. The number of nitrogen functional groups attached to an aromatic ring is 1. The second-order valence-electron chi connectivity index (χ2n) is 4.25. The third kappa shape index (κ3) is 3.09. The fourth-order valence-corrected chi connectivity index (χ4v) is 2.11. The number of ether oxygens (including phenoxy) is 1. The molecule has 0 saturated heterocycles. The molecule has 0 atom stereocenters. The number of nitrogens with one attached hydrogen (secondary N) is 1. The molecule has 0 radical (unpaired) electrons. The summed E-state index contributed by atoms with van der Waals surface area (Å²) in [5.74, 6) is 6.42. The first-order chi connectivity index (χ1) is 9.93. The largest absolute Gasteiger partial charge is 0.437 e. The first-order valence-corrected chi connectivity index (χ1v) is 6.64. The summed E-state index contributed by atoms with van der Waals surface area (Å²) in [5.41, 5.74) is 3.58. The Kier molecular flexibility index (Phi) is 4.34. The molecular weight excluding hydrogens is 342 g/mol. The van der Waals surface area contributed by atoms with Crippen LogP contribution in [0.5, 0.6) is 11.6 Å². The molecule has 0 saturated carbocycles. The summed E-state index contributed by atoms with van der Waals surface area (Å²) in [6.07, 6.45) is 1.29. The van der Waals surface area contributed by atoms with E-state index >= 15 is 0 Å². The van der Waals surface area contributed by atoms with Crippen molar-refractivity contribution in [1.82, 2.24) is 9.97 Å². The summed E-state index contributed by atoms with van der Waals surface area (Å²) in [6.45, 7) is 3.37. The minimum absolute atomic E-state index is 0.0471. The number of rotatable bonds is 4. The molecular formula is C12H12BrN5O3. The van der Waals surface area contributed by atoms with E-state index in [2.05, 4.69) is 31.3 Å². The fraction of sp³-hybridized carbons (Fsp3) is 0.167. The summed E-state index contributed by atoms with van der Waals surface area (Å²) in [4.78, 5) is 18.4. The quantitative estimate of drug-likeness (QED) is 0.493. The van der Waals surface area contributed by atoms with Crippen LogP contribution >= 0.6 is 15.9 Å². The van der Waals surface area contributed by atoms with E-state index in [9.17, 15) is 10.1 Å². The van der Waals surface area contributed by atoms with Crippen LogP contribution in [0.2, 0.25) is 0 Å². The number of hydrazine groups is 1. The molecule has 0 amide bonds. The molecule has 0 spiro atoms. The molecule has 0 bridgehead atoms. The van der Waals surface area contributed by atoms with Gasteiger partial charge in [0.2, 0.25) is 5.88 Å². The Bertz CT molecular complexity index is 708. The van der Waals surface area contributed by atoms with Gasteiger partial charge in [-0.2, -0.15) is 0 Å². The zero-order valence-electron chi connectivity index (χ0n) is 11.3. The molecule has 0 fully saturated rings. The number of aromatic nitrogens is 2. The average molecular weight is 354 g/mol. The summed E-state index contributed by atoms with van der Waals surface area (Å²) in [6, 6.07) is 3.05. The van der Waals surface area contributed by atoms with Gasteiger partial charge in [-0.05, 0) is 41.4 Å². The number of hydrogen-bond acceptors (Lipinski definition) is 7. The van der Waals surface area contributed by atoms with Crippen LogP contribution in [0.25, 0.3) is 0 Å². The van der Waals surface area contributed by atoms with Gasteiger partial charge in [-0.1, -0.05) is 0 Å². The van der Waals surface area contributed by atoms with Crippen molar-refractivity contribution in [2.75, 3.05) is 5.43 Å². The highest BCUT2D eigenvalue weighted by atomic mass is 79.9. The Labute approximate surface area is 128 Å². The molecule has 0 aliphatic carbocycles. The van der Waals surface area contributed by atoms with Crippen LogP contribution in [0.4, 0.5) is 11.5 Å². The summed E-state index contributed by atoms with van der Waals surface area (Å²) in [5, 5.41) is 10.9. The van der Waals surface area contributed by atoms with E-state index in [0.29, 0.717) is 27.2 Å². The van der Waals surface area contributed by atoms with Gasteiger partial charge < -0.3 is 10.2 Å². The molecule has 2 rings (SSSR count). The van der Waals surface area contributed by atoms with E-state index in [4.69, 9.17) is 10.6 Å². The normalized spacial score (nSPS) is 10.3. The second-order valence-corrected chi connectivity index (χ2v) is 5.04. The van der Waals surface area contributed by atoms with Gasteiger partial charge in [0.25, 0.3) is 5.69 Å². The summed E-state index contributed by atoms with van der Waals surface area (Å²) in [7, 11) is 0. The molecule has 1 aromatic carbocycles. The molecule has 0 aliphatic heterocycles. The second kappa shape index (κ2) is 6.02. The van der Waals surface area contributed by atoms with Crippen LogP contribution in [-0.2, 0) is 0 Å². The Balaban J connectivity index is 2.41. The number of nitro benzene ring substituents is 1. The van der Waals surface area contributed by atoms with Crippen molar-refractivity contribution in [3.8, 4) is 11.6 Å². The number of benzene rings is 1. The van der Waals surface area contributed by atoms with Gasteiger partial charge in [0, 0.05) is 11.6 Å². The SMILES string of the molecule is Cc1cc([N+](=O)[O-])c(C)cc1Oc1ncnc(NN)c1Br.